The summed E-state index contributed by atoms with van der Waals surface area (Å²) >= 11 is 0. The summed E-state index contributed by atoms with van der Waals surface area (Å²) in [6.07, 6.45) is 33.9. The van der Waals surface area contributed by atoms with Crippen molar-refractivity contribution in [3.8, 4) is 0 Å². The van der Waals surface area contributed by atoms with Gasteiger partial charge in [0.15, 0.2) is 6.10 Å². The molecule has 6 nitrogen and oxygen atoms in total. The van der Waals surface area contributed by atoms with E-state index in [2.05, 4.69) is 27.7 Å². The van der Waals surface area contributed by atoms with Crippen molar-refractivity contribution in [3.63, 3.8) is 0 Å². The Balaban J connectivity index is 4.30. The lowest BCUT2D eigenvalue weighted by Crippen LogP contribution is -2.30. The molecule has 0 aromatic rings. The largest absolute Gasteiger partial charge is 0.462 e. The molecule has 0 fully saturated rings. The molecule has 0 saturated heterocycles. The number of carbonyl (C=O) groups excluding carboxylic acids is 3. The van der Waals surface area contributed by atoms with Crippen molar-refractivity contribution in [2.75, 3.05) is 13.2 Å². The predicted octanol–water partition coefficient (Wildman–Crippen LogP) is 12.8. The summed E-state index contributed by atoms with van der Waals surface area (Å²) in [5.74, 6) is -0.0868. The van der Waals surface area contributed by atoms with Gasteiger partial charge in [-0.1, -0.05) is 188 Å². The van der Waals surface area contributed by atoms with Crippen LogP contribution >= 0.6 is 0 Å². The van der Waals surface area contributed by atoms with Gasteiger partial charge in [0.05, 0.1) is 0 Å². The van der Waals surface area contributed by atoms with E-state index in [1.807, 2.05) is 0 Å². The molecule has 0 heterocycles. The van der Waals surface area contributed by atoms with Gasteiger partial charge in [-0.25, -0.2) is 0 Å². The van der Waals surface area contributed by atoms with Crippen LogP contribution in [0.2, 0.25) is 0 Å². The zero-order chi connectivity index (χ0) is 35.3. The lowest BCUT2D eigenvalue weighted by Gasteiger charge is -2.18. The standard InChI is InChI=1S/C42H80O6/c1-5-7-9-11-13-14-15-16-17-18-22-27-31-35-42(45)48-39(36-46-40(43)33-29-25-20-12-10-8-6-2)37-47-41(44)34-30-26-23-19-21-24-28-32-38(3)4/h38-39H,5-37H2,1-4H3/t39-/m0/s1. The minimum Gasteiger partial charge on any atom is -0.462 e. The second-order valence-corrected chi connectivity index (χ2v) is 14.7. The first-order valence-corrected chi connectivity index (χ1v) is 20.9. The third-order valence-electron chi connectivity index (χ3n) is 9.29. The molecule has 0 N–H and O–H groups in total. The van der Waals surface area contributed by atoms with Crippen molar-refractivity contribution < 1.29 is 28.6 Å². The van der Waals surface area contributed by atoms with E-state index in [9.17, 15) is 14.4 Å². The van der Waals surface area contributed by atoms with Gasteiger partial charge in [0.2, 0.25) is 0 Å². The molecule has 0 bridgehead atoms. The number of rotatable bonds is 37. The van der Waals surface area contributed by atoms with Crippen LogP contribution in [0.3, 0.4) is 0 Å². The molecule has 0 aliphatic rings. The molecule has 6 heteroatoms. The third-order valence-corrected chi connectivity index (χ3v) is 9.29. The molecule has 284 valence electrons. The fourth-order valence-electron chi connectivity index (χ4n) is 6.10. The monoisotopic (exact) mass is 681 g/mol. The van der Waals surface area contributed by atoms with Gasteiger partial charge in [0, 0.05) is 19.3 Å². The first kappa shape index (κ1) is 46.4. The van der Waals surface area contributed by atoms with Gasteiger partial charge < -0.3 is 14.2 Å². The van der Waals surface area contributed by atoms with Gasteiger partial charge in [-0.3, -0.25) is 14.4 Å². The van der Waals surface area contributed by atoms with Crippen LogP contribution in [0.25, 0.3) is 0 Å². The van der Waals surface area contributed by atoms with E-state index in [1.165, 1.54) is 122 Å². The van der Waals surface area contributed by atoms with Crippen LogP contribution in [0.1, 0.15) is 227 Å². The Labute approximate surface area is 298 Å². The lowest BCUT2D eigenvalue weighted by molar-refractivity contribution is -0.167. The second-order valence-electron chi connectivity index (χ2n) is 14.7. The molecule has 0 aliphatic carbocycles. The zero-order valence-electron chi connectivity index (χ0n) is 32.4. The minimum absolute atomic E-state index is 0.0657. The SMILES string of the molecule is CCCCCCCCCCCCCCCC(=O)O[C@@H](COC(=O)CCCCCCCCC)COC(=O)CCCCCCCCCC(C)C. The van der Waals surface area contributed by atoms with Crippen molar-refractivity contribution in [2.24, 2.45) is 5.92 Å². The predicted molar refractivity (Wildman–Crippen MR) is 201 cm³/mol. The minimum atomic E-state index is -0.757. The van der Waals surface area contributed by atoms with Gasteiger partial charge in [0.1, 0.15) is 13.2 Å². The molecular weight excluding hydrogens is 600 g/mol. The molecule has 0 unspecified atom stereocenters. The van der Waals surface area contributed by atoms with E-state index in [4.69, 9.17) is 14.2 Å². The van der Waals surface area contributed by atoms with Crippen molar-refractivity contribution in [1.29, 1.82) is 0 Å². The Bertz CT molecular complexity index is 721. The Kier molecular flexibility index (Phi) is 35.5. The molecule has 0 saturated carbocycles. The van der Waals surface area contributed by atoms with Gasteiger partial charge in [0.25, 0.3) is 0 Å². The van der Waals surface area contributed by atoms with Crippen LogP contribution in [-0.4, -0.2) is 37.2 Å². The molecule has 1 atom stereocenters. The molecule has 0 spiro atoms. The van der Waals surface area contributed by atoms with Gasteiger partial charge in [-0.05, 0) is 25.2 Å². The highest BCUT2D eigenvalue weighted by Gasteiger charge is 2.19. The van der Waals surface area contributed by atoms with Crippen LogP contribution < -0.4 is 0 Å². The summed E-state index contributed by atoms with van der Waals surface area (Å²) in [5, 5.41) is 0. The van der Waals surface area contributed by atoms with Crippen LogP contribution in [0, 0.1) is 5.92 Å². The van der Waals surface area contributed by atoms with E-state index in [-0.39, 0.29) is 31.1 Å². The van der Waals surface area contributed by atoms with E-state index in [0.717, 1.165) is 63.7 Å². The summed E-state index contributed by atoms with van der Waals surface area (Å²) in [4.78, 5) is 37.4. The van der Waals surface area contributed by atoms with Crippen molar-refractivity contribution in [3.05, 3.63) is 0 Å². The zero-order valence-corrected chi connectivity index (χ0v) is 32.4. The molecule has 48 heavy (non-hydrogen) atoms. The highest BCUT2D eigenvalue weighted by atomic mass is 16.6. The summed E-state index contributed by atoms with van der Waals surface area (Å²) in [5.41, 5.74) is 0. The Morgan fingerprint density at radius 2 is 0.688 bits per heavy atom. The number of carbonyl (C=O) groups is 3. The molecule has 0 aromatic heterocycles. The van der Waals surface area contributed by atoms with E-state index >= 15 is 0 Å². The number of esters is 3. The third kappa shape index (κ3) is 35.7. The van der Waals surface area contributed by atoms with Crippen molar-refractivity contribution in [2.45, 2.75) is 233 Å². The van der Waals surface area contributed by atoms with Crippen LogP contribution in [-0.2, 0) is 28.6 Å². The van der Waals surface area contributed by atoms with Crippen molar-refractivity contribution >= 4 is 17.9 Å². The van der Waals surface area contributed by atoms with Gasteiger partial charge in [-0.15, -0.1) is 0 Å². The smallest absolute Gasteiger partial charge is 0.306 e. The normalized spacial score (nSPS) is 11.9. The lowest BCUT2D eigenvalue weighted by atomic mass is 10.0. The number of ether oxygens (including phenoxy) is 3. The molecule has 0 aliphatic heterocycles. The Morgan fingerprint density at radius 3 is 1.02 bits per heavy atom. The summed E-state index contributed by atoms with van der Waals surface area (Å²) < 4.78 is 16.6. The van der Waals surface area contributed by atoms with Crippen LogP contribution in [0.5, 0.6) is 0 Å². The Morgan fingerprint density at radius 1 is 0.396 bits per heavy atom. The van der Waals surface area contributed by atoms with Gasteiger partial charge in [-0.2, -0.15) is 0 Å². The van der Waals surface area contributed by atoms with Gasteiger partial charge >= 0.3 is 17.9 Å². The average molecular weight is 681 g/mol. The summed E-state index contributed by atoms with van der Waals surface area (Å²) in [7, 11) is 0. The maximum Gasteiger partial charge on any atom is 0.306 e. The molecule has 0 amide bonds. The van der Waals surface area contributed by atoms with E-state index in [0.29, 0.717) is 19.3 Å². The molecule has 0 radical (unpaired) electrons. The van der Waals surface area contributed by atoms with Crippen LogP contribution in [0.15, 0.2) is 0 Å². The number of hydrogen-bond acceptors (Lipinski definition) is 6. The highest BCUT2D eigenvalue weighted by molar-refractivity contribution is 5.71. The first-order valence-electron chi connectivity index (χ1n) is 20.9. The fourth-order valence-corrected chi connectivity index (χ4v) is 6.10. The first-order chi connectivity index (χ1) is 23.4. The van der Waals surface area contributed by atoms with Crippen molar-refractivity contribution in [1.82, 2.24) is 0 Å². The van der Waals surface area contributed by atoms with E-state index in [1.54, 1.807) is 0 Å². The fraction of sp³-hybridized carbons (Fsp3) is 0.929. The average Bonchev–Trinajstić information content (AvgIpc) is 3.06. The quantitative estimate of drug-likeness (QED) is 0.0369. The second kappa shape index (κ2) is 36.7. The summed E-state index contributed by atoms with van der Waals surface area (Å²) in [6.45, 7) is 8.89. The Hall–Kier alpha value is -1.59. The maximum atomic E-state index is 12.6. The molecule has 0 aromatic carbocycles. The summed E-state index contributed by atoms with van der Waals surface area (Å²) in [6, 6.07) is 0. The number of unbranched alkanes of at least 4 members (excludes halogenated alkanes) is 24. The van der Waals surface area contributed by atoms with Crippen LogP contribution in [0.4, 0.5) is 0 Å². The van der Waals surface area contributed by atoms with E-state index < -0.39 is 6.10 Å². The maximum absolute atomic E-state index is 12.6. The topological polar surface area (TPSA) is 78.9 Å². The highest BCUT2D eigenvalue weighted by Crippen LogP contribution is 2.15. The molecular formula is C42H80O6. The molecule has 0 rings (SSSR count). The number of hydrogen-bond donors (Lipinski definition) is 0.